The molecule has 2 amide bonds. The molecule has 0 spiro atoms. The number of carbonyl (C=O) groups is 1. The Kier molecular flexibility index (Phi) is 4.04. The summed E-state index contributed by atoms with van der Waals surface area (Å²) in [6.45, 7) is 2.62. The molecule has 1 aliphatic heterocycles. The van der Waals surface area contributed by atoms with Gasteiger partial charge in [-0.3, -0.25) is 0 Å². The van der Waals surface area contributed by atoms with Crippen molar-refractivity contribution < 1.29 is 9.32 Å². The van der Waals surface area contributed by atoms with Gasteiger partial charge in [0.2, 0.25) is 5.89 Å². The van der Waals surface area contributed by atoms with E-state index in [1.165, 1.54) is 0 Å². The molecule has 1 unspecified atom stereocenters. The van der Waals surface area contributed by atoms with Crippen molar-refractivity contribution in [3.8, 4) is 0 Å². The van der Waals surface area contributed by atoms with Crippen LogP contribution in [-0.4, -0.2) is 37.6 Å². The van der Waals surface area contributed by atoms with E-state index in [9.17, 15) is 4.79 Å². The summed E-state index contributed by atoms with van der Waals surface area (Å²) in [4.78, 5) is 26.3. The van der Waals surface area contributed by atoms with Crippen molar-refractivity contribution in [1.29, 1.82) is 0 Å². The summed E-state index contributed by atoms with van der Waals surface area (Å²) in [6.07, 6.45) is 1.79. The van der Waals surface area contributed by atoms with Crippen LogP contribution < -0.4 is 5.32 Å². The van der Waals surface area contributed by atoms with E-state index in [0.29, 0.717) is 23.3 Å². The number of urea groups is 1. The normalized spacial score (nSPS) is 17.4. The third-order valence-corrected chi connectivity index (χ3v) is 4.49. The van der Waals surface area contributed by atoms with Crippen molar-refractivity contribution in [2.75, 3.05) is 6.54 Å². The number of nitrogens with one attached hydrogen (secondary N) is 2. The van der Waals surface area contributed by atoms with E-state index in [0.717, 1.165) is 29.7 Å². The molecule has 1 saturated heterocycles. The van der Waals surface area contributed by atoms with Gasteiger partial charge in [0.15, 0.2) is 5.82 Å². The minimum atomic E-state index is -0.163. The third kappa shape index (κ3) is 3.17. The van der Waals surface area contributed by atoms with Gasteiger partial charge in [-0.15, -0.1) is 0 Å². The second-order valence-electron chi connectivity index (χ2n) is 6.02. The summed E-state index contributed by atoms with van der Waals surface area (Å²) >= 11 is 6.03. The molecule has 8 nitrogen and oxygen atoms in total. The molecule has 0 bridgehead atoms. The van der Waals surface area contributed by atoms with Crippen LogP contribution in [0.1, 0.15) is 36.4 Å². The van der Waals surface area contributed by atoms with Crippen molar-refractivity contribution >= 4 is 28.7 Å². The van der Waals surface area contributed by atoms with Gasteiger partial charge in [-0.25, -0.2) is 9.78 Å². The van der Waals surface area contributed by atoms with Gasteiger partial charge in [0, 0.05) is 18.5 Å². The molecule has 3 heterocycles. The van der Waals surface area contributed by atoms with Crippen molar-refractivity contribution in [3.63, 3.8) is 0 Å². The van der Waals surface area contributed by atoms with Gasteiger partial charge in [0.1, 0.15) is 5.82 Å². The number of fused-ring (bicyclic) bond motifs is 1. The Labute approximate surface area is 148 Å². The second kappa shape index (κ2) is 6.36. The Morgan fingerprint density at radius 2 is 2.36 bits per heavy atom. The summed E-state index contributed by atoms with van der Waals surface area (Å²) < 4.78 is 4.90. The van der Waals surface area contributed by atoms with E-state index in [2.05, 4.69) is 25.4 Å². The summed E-state index contributed by atoms with van der Waals surface area (Å²) in [6, 6.07) is 5.27. The highest BCUT2D eigenvalue weighted by molar-refractivity contribution is 6.31. The molecule has 0 aliphatic carbocycles. The minimum absolute atomic E-state index is 0.0850. The predicted octanol–water partition coefficient (Wildman–Crippen LogP) is 2.95. The molecule has 9 heteroatoms. The van der Waals surface area contributed by atoms with Gasteiger partial charge < -0.3 is 19.7 Å². The lowest BCUT2D eigenvalue weighted by atomic mass is 10.2. The quantitative estimate of drug-likeness (QED) is 0.748. The molecule has 3 aromatic rings. The van der Waals surface area contributed by atoms with Crippen LogP contribution in [0.5, 0.6) is 0 Å². The zero-order valence-corrected chi connectivity index (χ0v) is 14.4. The molecule has 1 aliphatic rings. The van der Waals surface area contributed by atoms with E-state index in [1.54, 1.807) is 17.9 Å². The fourth-order valence-electron chi connectivity index (χ4n) is 3.12. The minimum Gasteiger partial charge on any atom is -0.340 e. The number of likely N-dealkylation sites (tertiary alicyclic amines) is 1. The number of aromatic nitrogens is 4. The Balaban J connectivity index is 1.49. The van der Waals surface area contributed by atoms with Gasteiger partial charge in [-0.2, -0.15) is 4.98 Å². The topological polar surface area (TPSA) is 99.9 Å². The number of hydrogen-bond acceptors (Lipinski definition) is 5. The molecule has 130 valence electrons. The first-order valence-corrected chi connectivity index (χ1v) is 8.47. The van der Waals surface area contributed by atoms with Crippen LogP contribution in [-0.2, 0) is 6.54 Å². The lowest BCUT2D eigenvalue weighted by Crippen LogP contribution is -2.39. The maximum absolute atomic E-state index is 12.5. The number of halogens is 1. The number of aryl methyl sites for hydroxylation is 1. The van der Waals surface area contributed by atoms with E-state index < -0.39 is 0 Å². The molecule has 0 radical (unpaired) electrons. The molecule has 1 atom stereocenters. The SMILES string of the molecule is Cc1nc(CNC(=O)N2CCCC2c2nc3ccc(Cl)cc3[nH]2)no1. The lowest BCUT2D eigenvalue weighted by Gasteiger charge is -2.23. The van der Waals surface area contributed by atoms with Crippen molar-refractivity contribution in [3.05, 3.63) is 40.8 Å². The van der Waals surface area contributed by atoms with E-state index in [-0.39, 0.29) is 18.6 Å². The molecular formula is C16H17ClN6O2. The summed E-state index contributed by atoms with van der Waals surface area (Å²) in [5.74, 6) is 1.71. The Morgan fingerprint density at radius 1 is 1.48 bits per heavy atom. The smallest absolute Gasteiger partial charge is 0.318 e. The molecule has 1 aromatic carbocycles. The number of carbonyl (C=O) groups excluding carboxylic acids is 1. The van der Waals surface area contributed by atoms with Crippen molar-refractivity contribution in [2.24, 2.45) is 0 Å². The van der Waals surface area contributed by atoms with Crippen LogP contribution in [0.25, 0.3) is 11.0 Å². The summed E-state index contributed by atoms with van der Waals surface area (Å²) in [5.41, 5.74) is 1.71. The summed E-state index contributed by atoms with van der Waals surface area (Å²) in [7, 11) is 0. The molecular weight excluding hydrogens is 344 g/mol. The molecule has 2 N–H and O–H groups in total. The average molecular weight is 361 g/mol. The third-order valence-electron chi connectivity index (χ3n) is 4.26. The largest absolute Gasteiger partial charge is 0.340 e. The van der Waals surface area contributed by atoms with Gasteiger partial charge in [0.25, 0.3) is 0 Å². The first kappa shape index (κ1) is 15.9. The lowest BCUT2D eigenvalue weighted by molar-refractivity contribution is 0.190. The molecule has 25 heavy (non-hydrogen) atoms. The average Bonchev–Trinajstić information content (AvgIpc) is 3.30. The van der Waals surface area contributed by atoms with E-state index >= 15 is 0 Å². The van der Waals surface area contributed by atoms with E-state index in [1.807, 2.05) is 12.1 Å². The number of rotatable bonds is 3. The number of hydrogen-bond donors (Lipinski definition) is 2. The second-order valence-corrected chi connectivity index (χ2v) is 6.46. The highest BCUT2D eigenvalue weighted by Crippen LogP contribution is 2.31. The van der Waals surface area contributed by atoms with Crippen molar-refractivity contribution in [1.82, 2.24) is 30.3 Å². The standard InChI is InChI=1S/C16H17ClN6O2/c1-9-19-14(22-25-9)8-18-16(24)23-6-2-3-13(23)15-20-11-5-4-10(17)7-12(11)21-15/h4-5,7,13H,2-3,6,8H2,1H3,(H,18,24)(H,20,21). The highest BCUT2D eigenvalue weighted by atomic mass is 35.5. The number of benzene rings is 1. The zero-order chi connectivity index (χ0) is 17.4. The van der Waals surface area contributed by atoms with Gasteiger partial charge >= 0.3 is 6.03 Å². The Bertz CT molecular complexity index is 920. The van der Waals surface area contributed by atoms with Crippen LogP contribution in [0.4, 0.5) is 4.79 Å². The molecule has 2 aromatic heterocycles. The number of nitrogens with zero attached hydrogens (tertiary/aromatic N) is 4. The molecule has 0 saturated carbocycles. The zero-order valence-electron chi connectivity index (χ0n) is 13.6. The predicted molar refractivity (Wildman–Crippen MR) is 91.1 cm³/mol. The fraction of sp³-hybridized carbons (Fsp3) is 0.375. The van der Waals surface area contributed by atoms with Gasteiger partial charge in [0.05, 0.1) is 23.6 Å². The maximum Gasteiger partial charge on any atom is 0.318 e. The Morgan fingerprint density at radius 3 is 3.16 bits per heavy atom. The van der Waals surface area contributed by atoms with Crippen molar-refractivity contribution in [2.45, 2.75) is 32.4 Å². The highest BCUT2D eigenvalue weighted by Gasteiger charge is 2.32. The fourth-order valence-corrected chi connectivity index (χ4v) is 3.29. The first-order chi connectivity index (χ1) is 12.1. The van der Waals surface area contributed by atoms with Crippen LogP contribution >= 0.6 is 11.6 Å². The number of imidazole rings is 1. The molecule has 4 rings (SSSR count). The van der Waals surface area contributed by atoms with E-state index in [4.69, 9.17) is 16.1 Å². The van der Waals surface area contributed by atoms with Crippen LogP contribution in [0.3, 0.4) is 0 Å². The number of amides is 2. The van der Waals surface area contributed by atoms with Crippen LogP contribution in [0.15, 0.2) is 22.7 Å². The number of aromatic amines is 1. The van der Waals surface area contributed by atoms with Crippen LogP contribution in [0, 0.1) is 6.92 Å². The monoisotopic (exact) mass is 360 g/mol. The molecule has 1 fully saturated rings. The summed E-state index contributed by atoms with van der Waals surface area (Å²) in [5, 5.41) is 7.27. The van der Waals surface area contributed by atoms with Crippen LogP contribution in [0.2, 0.25) is 5.02 Å². The maximum atomic E-state index is 12.5. The van der Waals surface area contributed by atoms with Gasteiger partial charge in [-0.05, 0) is 31.0 Å². The Hall–Kier alpha value is -2.61. The van der Waals surface area contributed by atoms with Gasteiger partial charge in [-0.1, -0.05) is 16.8 Å². The number of H-pyrrole nitrogens is 1. The first-order valence-electron chi connectivity index (χ1n) is 8.09.